The molecule has 1 N–H and O–H groups in total. The molecule has 1 aliphatic carbocycles. The first-order valence-corrected chi connectivity index (χ1v) is 9.65. The van der Waals surface area contributed by atoms with E-state index in [1.165, 1.54) is 24.4 Å². The summed E-state index contributed by atoms with van der Waals surface area (Å²) in [5, 5.41) is 14.2. The molecule has 0 unspecified atom stereocenters. The Hall–Kier alpha value is -1.86. The SMILES string of the molecule is CCON=CC(C(=O)C1CC1)=C(O)c1ccc(S(C)(=O)=O)cc1Cl. The molecule has 0 heterocycles. The summed E-state index contributed by atoms with van der Waals surface area (Å²) in [7, 11) is -3.42. The lowest BCUT2D eigenvalue weighted by Gasteiger charge is -2.09. The molecule has 24 heavy (non-hydrogen) atoms. The van der Waals surface area contributed by atoms with Gasteiger partial charge in [-0.1, -0.05) is 16.8 Å². The van der Waals surface area contributed by atoms with E-state index in [0.717, 1.165) is 19.1 Å². The van der Waals surface area contributed by atoms with E-state index in [4.69, 9.17) is 16.4 Å². The van der Waals surface area contributed by atoms with Crippen LogP contribution >= 0.6 is 11.6 Å². The second-order valence-corrected chi connectivity index (χ2v) is 7.89. The highest BCUT2D eigenvalue weighted by Crippen LogP contribution is 2.35. The zero-order valence-corrected chi connectivity index (χ0v) is 14.9. The van der Waals surface area contributed by atoms with Crippen LogP contribution in [0.2, 0.25) is 5.02 Å². The van der Waals surface area contributed by atoms with Crippen LogP contribution in [-0.2, 0) is 19.5 Å². The summed E-state index contributed by atoms with van der Waals surface area (Å²) in [5.74, 6) is -0.719. The van der Waals surface area contributed by atoms with Crippen LogP contribution in [0.3, 0.4) is 0 Å². The number of ketones is 1. The van der Waals surface area contributed by atoms with Crippen molar-refractivity contribution in [3.05, 3.63) is 34.4 Å². The first-order chi connectivity index (χ1) is 11.3. The summed E-state index contributed by atoms with van der Waals surface area (Å²) in [6.07, 6.45) is 3.75. The largest absolute Gasteiger partial charge is 0.506 e. The monoisotopic (exact) mass is 371 g/mol. The summed E-state index contributed by atoms with van der Waals surface area (Å²) in [4.78, 5) is 17.2. The molecule has 0 aliphatic heterocycles. The molecule has 2 rings (SSSR count). The van der Waals surface area contributed by atoms with Gasteiger partial charge in [0.1, 0.15) is 12.4 Å². The number of aliphatic hydroxyl groups is 1. The number of hydrogen-bond acceptors (Lipinski definition) is 6. The zero-order valence-electron chi connectivity index (χ0n) is 13.3. The Morgan fingerprint density at radius 3 is 2.62 bits per heavy atom. The van der Waals surface area contributed by atoms with Gasteiger partial charge in [0.05, 0.1) is 21.7 Å². The Balaban J connectivity index is 2.48. The molecule has 0 atom stereocenters. The molecule has 1 aromatic rings. The van der Waals surface area contributed by atoms with E-state index in [9.17, 15) is 18.3 Å². The van der Waals surface area contributed by atoms with Crippen molar-refractivity contribution < 1.29 is 23.2 Å². The van der Waals surface area contributed by atoms with Crippen LogP contribution in [0.5, 0.6) is 0 Å². The summed E-state index contributed by atoms with van der Waals surface area (Å²) >= 11 is 6.09. The highest BCUT2D eigenvalue weighted by Gasteiger charge is 2.33. The fourth-order valence-electron chi connectivity index (χ4n) is 2.04. The van der Waals surface area contributed by atoms with E-state index in [1.807, 2.05) is 0 Å². The fraction of sp³-hybridized carbons (Fsp3) is 0.375. The third-order valence-corrected chi connectivity index (χ3v) is 4.90. The minimum atomic E-state index is -3.42. The summed E-state index contributed by atoms with van der Waals surface area (Å²) in [5.41, 5.74) is 0.163. The van der Waals surface area contributed by atoms with E-state index in [-0.39, 0.29) is 38.5 Å². The second kappa shape index (κ2) is 7.36. The number of sulfone groups is 1. The van der Waals surface area contributed by atoms with Gasteiger partial charge >= 0.3 is 0 Å². The van der Waals surface area contributed by atoms with Crippen molar-refractivity contribution in [2.24, 2.45) is 11.1 Å². The van der Waals surface area contributed by atoms with Crippen LogP contribution in [-0.4, -0.2) is 38.4 Å². The van der Waals surface area contributed by atoms with Crippen molar-refractivity contribution in [3.8, 4) is 0 Å². The van der Waals surface area contributed by atoms with Gasteiger partial charge in [-0.3, -0.25) is 4.79 Å². The minimum absolute atomic E-state index is 0.0000411. The van der Waals surface area contributed by atoms with Gasteiger partial charge in [0.2, 0.25) is 0 Å². The summed E-state index contributed by atoms with van der Waals surface area (Å²) < 4.78 is 23.1. The molecule has 1 saturated carbocycles. The number of carbonyl (C=O) groups excluding carboxylic acids is 1. The van der Waals surface area contributed by atoms with E-state index in [0.29, 0.717) is 6.61 Å². The molecule has 0 radical (unpaired) electrons. The van der Waals surface area contributed by atoms with Crippen LogP contribution in [0.1, 0.15) is 25.3 Å². The van der Waals surface area contributed by atoms with Gasteiger partial charge in [-0.25, -0.2) is 8.42 Å². The lowest BCUT2D eigenvalue weighted by molar-refractivity contribution is -0.116. The summed E-state index contributed by atoms with van der Waals surface area (Å²) in [6.45, 7) is 2.07. The lowest BCUT2D eigenvalue weighted by atomic mass is 10.0. The molecule has 6 nitrogen and oxygen atoms in total. The maximum atomic E-state index is 12.3. The highest BCUT2D eigenvalue weighted by molar-refractivity contribution is 7.90. The van der Waals surface area contributed by atoms with Gasteiger partial charge in [-0.2, -0.15) is 0 Å². The number of aliphatic hydroxyl groups excluding tert-OH is 1. The normalized spacial score (nSPS) is 16.1. The van der Waals surface area contributed by atoms with Crippen LogP contribution in [0.15, 0.2) is 33.8 Å². The van der Waals surface area contributed by atoms with Crippen molar-refractivity contribution in [2.75, 3.05) is 12.9 Å². The average molecular weight is 372 g/mol. The number of allylic oxidation sites excluding steroid dienone is 1. The topological polar surface area (TPSA) is 93.0 Å². The van der Waals surface area contributed by atoms with E-state index < -0.39 is 9.84 Å². The van der Waals surface area contributed by atoms with Gasteiger partial charge in [0, 0.05) is 17.7 Å². The van der Waals surface area contributed by atoms with Crippen molar-refractivity contribution in [1.29, 1.82) is 0 Å². The predicted octanol–water partition coefficient (Wildman–Crippen LogP) is 3.01. The third kappa shape index (κ3) is 4.36. The van der Waals surface area contributed by atoms with Crippen molar-refractivity contribution in [2.45, 2.75) is 24.7 Å². The molecule has 0 aromatic heterocycles. The highest BCUT2D eigenvalue weighted by atomic mass is 35.5. The molecule has 1 fully saturated rings. The van der Waals surface area contributed by atoms with Crippen LogP contribution in [0.4, 0.5) is 0 Å². The standard InChI is InChI=1S/C16H18ClNO5S/c1-3-23-18-9-13(15(19)10-4-5-10)16(20)12-7-6-11(8-14(12)17)24(2,21)22/h6-10,20H,3-5H2,1-2H3. The zero-order chi connectivity index (χ0) is 17.9. The first-order valence-electron chi connectivity index (χ1n) is 7.38. The molecule has 0 spiro atoms. The number of Topliss-reactive ketones (excluding diaryl/α,β-unsaturated/α-hetero) is 1. The van der Waals surface area contributed by atoms with Gasteiger partial charge in [0.25, 0.3) is 0 Å². The number of carbonyl (C=O) groups is 1. The Bertz CT molecular complexity index is 810. The molecule has 0 bridgehead atoms. The van der Waals surface area contributed by atoms with E-state index in [2.05, 4.69) is 5.16 Å². The number of hydrogen-bond donors (Lipinski definition) is 1. The van der Waals surface area contributed by atoms with E-state index in [1.54, 1.807) is 6.92 Å². The number of nitrogens with zero attached hydrogens (tertiary/aromatic N) is 1. The second-order valence-electron chi connectivity index (χ2n) is 5.47. The minimum Gasteiger partial charge on any atom is -0.506 e. The maximum Gasteiger partial charge on any atom is 0.175 e. The Labute approximate surface area is 145 Å². The van der Waals surface area contributed by atoms with Gasteiger partial charge in [-0.05, 0) is 38.0 Å². The van der Waals surface area contributed by atoms with Crippen molar-refractivity contribution in [1.82, 2.24) is 0 Å². The van der Waals surface area contributed by atoms with Gasteiger partial charge in [0.15, 0.2) is 15.6 Å². The number of benzene rings is 1. The van der Waals surface area contributed by atoms with Gasteiger partial charge in [-0.15, -0.1) is 0 Å². The number of rotatable bonds is 7. The molecule has 0 amide bonds. The van der Waals surface area contributed by atoms with E-state index >= 15 is 0 Å². The molecule has 130 valence electrons. The molecule has 8 heteroatoms. The number of oxime groups is 1. The van der Waals surface area contributed by atoms with Crippen LogP contribution < -0.4 is 0 Å². The van der Waals surface area contributed by atoms with Crippen molar-refractivity contribution in [3.63, 3.8) is 0 Å². The number of halogens is 1. The lowest BCUT2D eigenvalue weighted by Crippen LogP contribution is -2.10. The Morgan fingerprint density at radius 1 is 1.46 bits per heavy atom. The fourth-order valence-corrected chi connectivity index (χ4v) is 3.02. The predicted molar refractivity (Wildman–Crippen MR) is 92.0 cm³/mol. The smallest absolute Gasteiger partial charge is 0.175 e. The summed E-state index contributed by atoms with van der Waals surface area (Å²) in [6, 6.07) is 3.93. The van der Waals surface area contributed by atoms with Gasteiger partial charge < -0.3 is 9.94 Å². The molecule has 0 saturated heterocycles. The first kappa shape index (κ1) is 18.5. The average Bonchev–Trinajstić information content (AvgIpc) is 3.34. The third-order valence-electron chi connectivity index (χ3n) is 3.48. The maximum absolute atomic E-state index is 12.3. The molecule has 1 aromatic carbocycles. The molecular formula is C16H18ClNO5S. The van der Waals surface area contributed by atoms with Crippen molar-refractivity contribution >= 4 is 39.2 Å². The molecular weight excluding hydrogens is 354 g/mol. The molecule has 1 aliphatic rings. The quantitative estimate of drug-likeness (QED) is 0.344. The van der Waals surface area contributed by atoms with Crippen LogP contribution in [0.25, 0.3) is 5.76 Å². The Kier molecular flexibility index (Phi) is 5.66. The van der Waals surface area contributed by atoms with Crippen LogP contribution in [0, 0.1) is 5.92 Å². The Morgan fingerprint density at radius 2 is 2.12 bits per heavy atom.